The zero-order valence-corrected chi connectivity index (χ0v) is 12.3. The number of likely N-dealkylation sites (N-methyl/N-ethyl adjacent to an activating group) is 1. The number of β-lactam (4-membered cyclic amide) rings is 1. The van der Waals surface area contributed by atoms with Crippen LogP contribution in [0, 0.1) is 5.41 Å². The van der Waals surface area contributed by atoms with Crippen LogP contribution in [-0.4, -0.2) is 36.5 Å². The number of rotatable bonds is 0. The molecule has 2 atom stereocenters. The van der Waals surface area contributed by atoms with Gasteiger partial charge in [0, 0.05) is 50.8 Å². The van der Waals surface area contributed by atoms with Crippen LogP contribution in [0.4, 0.5) is 0 Å². The van der Waals surface area contributed by atoms with E-state index in [1.807, 2.05) is 11.9 Å². The molecule has 0 radical (unpaired) electrons. The van der Waals surface area contributed by atoms with E-state index in [9.17, 15) is 4.79 Å². The Morgan fingerprint density at radius 1 is 1.54 bits per heavy atom. The Kier molecular flexibility index (Phi) is 3.84. The van der Waals surface area contributed by atoms with Crippen molar-refractivity contribution in [3.05, 3.63) is 0 Å². The van der Waals surface area contributed by atoms with Gasteiger partial charge in [0.05, 0.1) is 6.04 Å². The van der Waals surface area contributed by atoms with Crippen LogP contribution in [0.1, 0.15) is 13.8 Å². The van der Waals surface area contributed by atoms with Crippen LogP contribution in [0.5, 0.6) is 0 Å². The topological polar surface area (TPSA) is 32.3 Å². The van der Waals surface area contributed by atoms with Crippen molar-refractivity contribution in [1.82, 2.24) is 10.2 Å². The number of fused-ring (bicyclic) bond motifs is 1. The highest BCUT2D eigenvalue weighted by atomic mass is 128. The number of likely N-dealkylation sites (tertiary alicyclic amines) is 1. The maximum atomic E-state index is 11.2. The molecule has 0 aromatic rings. The number of hydrogen-bond acceptors (Lipinski definition) is 2. The van der Waals surface area contributed by atoms with E-state index in [2.05, 4.69) is 56.4 Å². The second-order valence-electron chi connectivity index (χ2n) is 4.24. The lowest BCUT2D eigenvalue weighted by atomic mass is 9.79. The van der Waals surface area contributed by atoms with Crippen LogP contribution in [0.15, 0.2) is 0 Å². The standard InChI is InChI=1S/C8H14N2O.I2/c1-8(2)4-9-5-6(8)10(3)7(5)11;1-2/h5-6,9H,4H2,1-3H3;. The lowest BCUT2D eigenvalue weighted by molar-refractivity contribution is -0.149. The number of amides is 1. The van der Waals surface area contributed by atoms with Crippen molar-refractivity contribution < 1.29 is 4.79 Å². The lowest BCUT2D eigenvalue weighted by Gasteiger charge is -2.45. The van der Waals surface area contributed by atoms with Gasteiger partial charge in [0.25, 0.3) is 0 Å². The molecule has 2 aliphatic heterocycles. The maximum absolute atomic E-state index is 11.2. The van der Waals surface area contributed by atoms with Crippen LogP contribution in [-0.2, 0) is 4.79 Å². The fourth-order valence-corrected chi connectivity index (χ4v) is 2.28. The first kappa shape index (κ1) is 12.0. The Bertz CT molecular complexity index is 220. The van der Waals surface area contributed by atoms with E-state index in [1.165, 1.54) is 0 Å². The van der Waals surface area contributed by atoms with Gasteiger partial charge in [0.1, 0.15) is 6.04 Å². The molecule has 0 aromatic carbocycles. The molecule has 13 heavy (non-hydrogen) atoms. The highest BCUT2D eigenvalue weighted by Crippen LogP contribution is 2.38. The van der Waals surface area contributed by atoms with Crippen LogP contribution >= 0.6 is 37.2 Å². The Morgan fingerprint density at radius 3 is 2.54 bits per heavy atom. The Hall–Kier alpha value is 0.890. The summed E-state index contributed by atoms with van der Waals surface area (Å²) in [5, 5.41) is 3.24. The van der Waals surface area contributed by atoms with Gasteiger partial charge >= 0.3 is 0 Å². The van der Waals surface area contributed by atoms with Crippen molar-refractivity contribution in [2.24, 2.45) is 5.41 Å². The van der Waals surface area contributed by atoms with E-state index < -0.39 is 0 Å². The van der Waals surface area contributed by atoms with Crippen molar-refractivity contribution in [2.45, 2.75) is 25.9 Å². The summed E-state index contributed by atoms with van der Waals surface area (Å²) in [7, 11) is 1.89. The molecule has 5 heteroatoms. The van der Waals surface area contributed by atoms with Crippen LogP contribution in [0.3, 0.4) is 0 Å². The maximum Gasteiger partial charge on any atom is 0.241 e. The smallest absolute Gasteiger partial charge is 0.241 e. The van der Waals surface area contributed by atoms with E-state index in [0.717, 1.165) is 6.54 Å². The first-order valence-corrected chi connectivity index (χ1v) is 10.5. The van der Waals surface area contributed by atoms with Gasteiger partial charge in [0.2, 0.25) is 5.91 Å². The van der Waals surface area contributed by atoms with Gasteiger partial charge in [-0.3, -0.25) is 4.79 Å². The molecule has 1 amide bonds. The van der Waals surface area contributed by atoms with Crippen molar-refractivity contribution in [2.75, 3.05) is 13.6 Å². The third-order valence-electron chi connectivity index (χ3n) is 2.92. The van der Waals surface area contributed by atoms with Gasteiger partial charge in [-0.25, -0.2) is 0 Å². The molecule has 0 spiro atoms. The molecule has 3 nitrogen and oxygen atoms in total. The van der Waals surface area contributed by atoms with E-state index in [-0.39, 0.29) is 17.4 Å². The minimum atomic E-state index is 0.120. The van der Waals surface area contributed by atoms with Gasteiger partial charge in [-0.2, -0.15) is 0 Å². The van der Waals surface area contributed by atoms with Gasteiger partial charge in [0.15, 0.2) is 0 Å². The molecular weight excluding hydrogens is 394 g/mol. The highest BCUT2D eigenvalue weighted by Gasteiger charge is 2.56. The summed E-state index contributed by atoms with van der Waals surface area (Å²) in [4.78, 5) is 13.0. The molecule has 76 valence electrons. The first-order valence-electron chi connectivity index (χ1n) is 4.18. The fraction of sp³-hybridized carbons (Fsp3) is 0.875. The molecule has 2 heterocycles. The van der Waals surface area contributed by atoms with E-state index in [4.69, 9.17) is 0 Å². The number of carbonyl (C=O) groups excluding carboxylic acids is 1. The summed E-state index contributed by atoms with van der Waals surface area (Å²) in [5.74, 6) is 0.251. The van der Waals surface area contributed by atoms with E-state index in [1.54, 1.807) is 0 Å². The largest absolute Gasteiger partial charge is 0.339 e. The summed E-state index contributed by atoms with van der Waals surface area (Å²) in [6.07, 6.45) is 0. The van der Waals surface area contributed by atoms with Crippen molar-refractivity contribution >= 4 is 43.1 Å². The van der Waals surface area contributed by atoms with Crippen LogP contribution in [0.2, 0.25) is 0 Å². The Morgan fingerprint density at radius 2 is 2.08 bits per heavy atom. The molecule has 0 bridgehead atoms. The number of hydrogen-bond donors (Lipinski definition) is 1. The van der Waals surface area contributed by atoms with Gasteiger partial charge in [-0.15, -0.1) is 0 Å². The fourth-order valence-electron chi connectivity index (χ4n) is 2.28. The zero-order chi connectivity index (χ0) is 10.2. The minimum Gasteiger partial charge on any atom is -0.339 e. The second-order valence-corrected chi connectivity index (χ2v) is 4.24. The minimum absolute atomic E-state index is 0.120. The average Bonchev–Trinajstić information content (AvgIpc) is 2.41. The molecule has 0 aliphatic carbocycles. The summed E-state index contributed by atoms with van der Waals surface area (Å²) in [6, 6.07) is 0.546. The summed E-state index contributed by atoms with van der Waals surface area (Å²) < 4.78 is 0. The number of halogens is 2. The Balaban J connectivity index is 0.000000396. The quantitative estimate of drug-likeness (QED) is 0.488. The van der Waals surface area contributed by atoms with Gasteiger partial charge in [-0.05, 0) is 5.41 Å². The molecule has 2 rings (SSSR count). The predicted octanol–water partition coefficient (Wildman–Crippen LogP) is 1.60. The van der Waals surface area contributed by atoms with Gasteiger partial charge < -0.3 is 10.2 Å². The lowest BCUT2D eigenvalue weighted by Crippen LogP contribution is -2.66. The molecule has 2 fully saturated rings. The molecule has 2 aliphatic rings. The molecule has 0 aromatic heterocycles. The summed E-state index contributed by atoms with van der Waals surface area (Å²) in [6.45, 7) is 5.36. The van der Waals surface area contributed by atoms with Crippen LogP contribution in [0.25, 0.3) is 0 Å². The molecule has 2 unspecified atom stereocenters. The summed E-state index contributed by atoms with van der Waals surface area (Å²) >= 11 is 4.24. The first-order chi connectivity index (χ1) is 6.04. The SMILES string of the molecule is CN1C(=O)C2NCC(C)(C)C21.II. The third-order valence-corrected chi connectivity index (χ3v) is 2.92. The number of nitrogens with zero attached hydrogens (tertiary/aromatic N) is 1. The monoisotopic (exact) mass is 408 g/mol. The molecular formula is C8H14I2N2O. The number of carbonyl (C=O) groups is 1. The normalized spacial score (nSPS) is 34.5. The zero-order valence-electron chi connectivity index (χ0n) is 7.97. The molecule has 0 saturated carbocycles. The van der Waals surface area contributed by atoms with Crippen molar-refractivity contribution in [3.8, 4) is 0 Å². The molecule has 1 N–H and O–H groups in total. The van der Waals surface area contributed by atoms with Crippen molar-refractivity contribution in [3.63, 3.8) is 0 Å². The average molecular weight is 408 g/mol. The third kappa shape index (κ3) is 1.83. The molecule has 2 saturated heterocycles. The van der Waals surface area contributed by atoms with Crippen LogP contribution < -0.4 is 5.32 Å². The second kappa shape index (κ2) is 4.18. The van der Waals surface area contributed by atoms with Crippen molar-refractivity contribution in [1.29, 1.82) is 0 Å². The number of nitrogens with one attached hydrogen (secondary N) is 1. The summed E-state index contributed by atoms with van der Waals surface area (Å²) in [5.41, 5.74) is 0.257. The van der Waals surface area contributed by atoms with E-state index in [0.29, 0.717) is 6.04 Å². The predicted molar refractivity (Wildman–Crippen MR) is 70.2 cm³/mol. The van der Waals surface area contributed by atoms with Gasteiger partial charge in [-0.1, -0.05) is 13.8 Å². The Labute approximate surface area is 102 Å². The highest BCUT2D eigenvalue weighted by molar-refractivity contribution is 15.0. The van der Waals surface area contributed by atoms with E-state index >= 15 is 0 Å².